The van der Waals surface area contributed by atoms with Crippen molar-refractivity contribution in [2.24, 2.45) is 4.99 Å². The fourth-order valence-corrected chi connectivity index (χ4v) is 2.61. The normalized spacial score (nSPS) is 11.0. The zero-order chi connectivity index (χ0) is 18.2. The van der Waals surface area contributed by atoms with Crippen molar-refractivity contribution >= 4 is 29.9 Å². The van der Waals surface area contributed by atoms with Crippen molar-refractivity contribution in [3.63, 3.8) is 0 Å². The molecule has 0 unspecified atom stereocenters. The smallest absolute Gasteiger partial charge is 0.191 e. The van der Waals surface area contributed by atoms with Crippen molar-refractivity contribution in [3.8, 4) is 5.69 Å². The molecule has 0 atom stereocenters. The lowest BCUT2D eigenvalue weighted by atomic mass is 10.1. The maximum Gasteiger partial charge on any atom is 0.191 e. The van der Waals surface area contributed by atoms with Gasteiger partial charge in [-0.3, -0.25) is 4.99 Å². The third kappa shape index (κ3) is 6.35. The topological polar surface area (TPSA) is 54.2 Å². The van der Waals surface area contributed by atoms with Crippen LogP contribution in [0.25, 0.3) is 5.69 Å². The van der Waals surface area contributed by atoms with E-state index in [1.165, 1.54) is 6.07 Å². The lowest BCUT2D eigenvalue weighted by molar-refractivity contribution is 0.625. The van der Waals surface area contributed by atoms with Crippen molar-refractivity contribution in [3.05, 3.63) is 83.9 Å². The van der Waals surface area contributed by atoms with Crippen molar-refractivity contribution < 1.29 is 4.39 Å². The van der Waals surface area contributed by atoms with Crippen molar-refractivity contribution in [2.75, 3.05) is 13.6 Å². The fourth-order valence-electron chi connectivity index (χ4n) is 2.61. The number of guanidine groups is 1. The van der Waals surface area contributed by atoms with Gasteiger partial charge in [-0.25, -0.2) is 9.07 Å². The number of aliphatic imine (C=N–C) groups is 1. The van der Waals surface area contributed by atoms with Gasteiger partial charge in [0.2, 0.25) is 0 Å². The van der Waals surface area contributed by atoms with E-state index in [9.17, 15) is 4.39 Å². The molecule has 5 nitrogen and oxygen atoms in total. The van der Waals surface area contributed by atoms with Gasteiger partial charge in [-0.2, -0.15) is 5.10 Å². The Hall–Kier alpha value is -2.42. The van der Waals surface area contributed by atoms with E-state index in [0.29, 0.717) is 13.1 Å². The molecule has 7 heteroatoms. The molecule has 0 aliphatic carbocycles. The first-order valence-electron chi connectivity index (χ1n) is 8.52. The summed E-state index contributed by atoms with van der Waals surface area (Å²) in [5, 5.41) is 10.7. The second-order valence-corrected chi connectivity index (χ2v) is 5.85. The van der Waals surface area contributed by atoms with Crippen LogP contribution in [-0.4, -0.2) is 29.3 Å². The van der Waals surface area contributed by atoms with Crippen LogP contribution in [0.2, 0.25) is 0 Å². The number of hydrogen-bond donors (Lipinski definition) is 2. The third-order valence-electron chi connectivity index (χ3n) is 3.98. The van der Waals surface area contributed by atoms with Crippen LogP contribution >= 0.6 is 24.0 Å². The predicted octanol–water partition coefficient (Wildman–Crippen LogP) is 3.54. The van der Waals surface area contributed by atoms with Crippen LogP contribution in [0.5, 0.6) is 0 Å². The molecule has 0 spiro atoms. The van der Waals surface area contributed by atoms with Gasteiger partial charge < -0.3 is 10.6 Å². The van der Waals surface area contributed by atoms with Crippen LogP contribution in [0.15, 0.2) is 72.0 Å². The fraction of sp³-hybridized carbons (Fsp3) is 0.200. The van der Waals surface area contributed by atoms with Crippen molar-refractivity contribution in [1.82, 2.24) is 20.4 Å². The Bertz CT molecular complexity index is 847. The molecule has 1 aromatic heterocycles. The largest absolute Gasteiger partial charge is 0.356 e. The predicted molar refractivity (Wildman–Crippen MR) is 117 cm³/mol. The summed E-state index contributed by atoms with van der Waals surface area (Å²) in [7, 11) is 1.73. The molecule has 0 saturated carbocycles. The number of halogens is 2. The molecule has 27 heavy (non-hydrogen) atoms. The molecule has 0 aliphatic rings. The number of rotatable bonds is 6. The van der Waals surface area contributed by atoms with E-state index in [1.807, 2.05) is 35.1 Å². The lowest BCUT2D eigenvalue weighted by Crippen LogP contribution is -2.37. The Labute approximate surface area is 175 Å². The van der Waals surface area contributed by atoms with Crippen LogP contribution in [0.4, 0.5) is 4.39 Å². The molecule has 0 radical (unpaired) electrons. The third-order valence-corrected chi connectivity index (χ3v) is 3.98. The van der Waals surface area contributed by atoms with Gasteiger partial charge in [0.25, 0.3) is 0 Å². The molecule has 0 saturated heterocycles. The van der Waals surface area contributed by atoms with Gasteiger partial charge in [0.05, 0.1) is 5.69 Å². The van der Waals surface area contributed by atoms with E-state index < -0.39 is 0 Å². The molecule has 0 fully saturated rings. The van der Waals surface area contributed by atoms with Gasteiger partial charge in [-0.05, 0) is 47.9 Å². The minimum Gasteiger partial charge on any atom is -0.356 e. The van der Waals surface area contributed by atoms with E-state index >= 15 is 0 Å². The number of benzene rings is 2. The average Bonchev–Trinajstić information content (AvgIpc) is 3.20. The molecule has 2 N–H and O–H groups in total. The summed E-state index contributed by atoms with van der Waals surface area (Å²) in [5.74, 6) is 0.515. The van der Waals surface area contributed by atoms with Crippen molar-refractivity contribution in [1.29, 1.82) is 0 Å². The molecule has 0 bridgehead atoms. The van der Waals surface area contributed by atoms with Crippen LogP contribution in [0, 0.1) is 5.82 Å². The minimum atomic E-state index is -0.205. The summed E-state index contributed by atoms with van der Waals surface area (Å²) in [4.78, 5) is 4.22. The second kappa shape index (κ2) is 10.7. The Morgan fingerprint density at radius 2 is 1.89 bits per heavy atom. The monoisotopic (exact) mass is 479 g/mol. The van der Waals surface area contributed by atoms with Gasteiger partial charge >= 0.3 is 0 Å². The summed E-state index contributed by atoms with van der Waals surface area (Å²) in [6.07, 6.45) is 4.41. The van der Waals surface area contributed by atoms with Crippen molar-refractivity contribution in [2.45, 2.75) is 13.0 Å². The molecule has 142 valence electrons. The van der Waals surface area contributed by atoms with E-state index in [0.717, 1.165) is 29.2 Å². The molecule has 0 amide bonds. The maximum atomic E-state index is 13.2. The SMILES string of the molecule is CN=C(NCCc1cccc(F)c1)NCc1ccc(-n2cccn2)cc1.I. The van der Waals surface area contributed by atoms with Gasteiger partial charge in [-0.1, -0.05) is 24.3 Å². The first-order valence-corrected chi connectivity index (χ1v) is 8.52. The molecule has 3 rings (SSSR count). The van der Waals surface area contributed by atoms with Crippen LogP contribution in [0.3, 0.4) is 0 Å². The number of nitrogens with one attached hydrogen (secondary N) is 2. The maximum absolute atomic E-state index is 13.2. The van der Waals surface area contributed by atoms with Gasteiger partial charge in [0, 0.05) is 32.5 Å². The minimum absolute atomic E-state index is 0. The highest BCUT2D eigenvalue weighted by Gasteiger charge is 2.01. The Kier molecular flexibility index (Phi) is 8.25. The summed E-state index contributed by atoms with van der Waals surface area (Å²) in [6.45, 7) is 1.35. The Morgan fingerprint density at radius 1 is 1.07 bits per heavy atom. The first kappa shape index (κ1) is 20.9. The first-order chi connectivity index (χ1) is 12.7. The summed E-state index contributed by atoms with van der Waals surface area (Å²) >= 11 is 0. The zero-order valence-electron chi connectivity index (χ0n) is 15.1. The molecule has 0 aliphatic heterocycles. The standard InChI is InChI=1S/C20H22FN5.HI/c1-22-20(23-12-10-16-4-2-5-18(21)14-16)24-15-17-6-8-19(9-7-17)26-13-3-11-25-26;/h2-9,11,13-14H,10,12,15H2,1H3,(H2,22,23,24);1H. The highest BCUT2D eigenvalue weighted by atomic mass is 127. The van der Waals surface area contributed by atoms with Crippen LogP contribution in [0.1, 0.15) is 11.1 Å². The summed E-state index contributed by atoms with van der Waals surface area (Å²) in [6, 6.07) is 16.7. The Balaban J connectivity index is 0.00000261. The van der Waals surface area contributed by atoms with Gasteiger partial charge in [-0.15, -0.1) is 24.0 Å². The number of hydrogen-bond acceptors (Lipinski definition) is 2. The second-order valence-electron chi connectivity index (χ2n) is 5.85. The number of nitrogens with zero attached hydrogens (tertiary/aromatic N) is 3. The van der Waals surface area contributed by atoms with E-state index in [2.05, 4.69) is 32.9 Å². The molecule has 2 aromatic carbocycles. The molecular formula is C20H23FIN5. The van der Waals surface area contributed by atoms with Gasteiger partial charge in [0.1, 0.15) is 5.82 Å². The highest BCUT2D eigenvalue weighted by molar-refractivity contribution is 14.0. The van der Waals surface area contributed by atoms with E-state index in [1.54, 1.807) is 25.4 Å². The van der Waals surface area contributed by atoms with Gasteiger partial charge in [0.15, 0.2) is 5.96 Å². The van der Waals surface area contributed by atoms with Crippen LogP contribution < -0.4 is 10.6 Å². The molecular weight excluding hydrogens is 456 g/mol. The number of aromatic nitrogens is 2. The van der Waals surface area contributed by atoms with E-state index in [4.69, 9.17) is 0 Å². The van der Waals surface area contributed by atoms with Crippen LogP contribution in [-0.2, 0) is 13.0 Å². The zero-order valence-corrected chi connectivity index (χ0v) is 17.4. The highest BCUT2D eigenvalue weighted by Crippen LogP contribution is 2.08. The van der Waals surface area contributed by atoms with E-state index in [-0.39, 0.29) is 29.8 Å². The summed E-state index contributed by atoms with van der Waals surface area (Å²) in [5.41, 5.74) is 3.13. The Morgan fingerprint density at radius 3 is 2.56 bits per heavy atom. The average molecular weight is 479 g/mol. The summed E-state index contributed by atoms with van der Waals surface area (Å²) < 4.78 is 15.0. The molecule has 3 aromatic rings. The lowest BCUT2D eigenvalue weighted by Gasteiger charge is -2.12. The quantitative estimate of drug-likeness (QED) is 0.323. The molecule has 1 heterocycles.